The zero-order valence-corrected chi connectivity index (χ0v) is 13.5. The lowest BCUT2D eigenvalue weighted by Crippen LogP contribution is -2.48. The summed E-state index contributed by atoms with van der Waals surface area (Å²) in [6, 6.07) is 6.98. The van der Waals surface area contributed by atoms with Crippen LogP contribution >= 0.6 is 0 Å². The van der Waals surface area contributed by atoms with Gasteiger partial charge >= 0.3 is 11.8 Å². The number of likely N-dealkylation sites (tertiary alicyclic amines) is 1. The lowest BCUT2D eigenvalue weighted by Gasteiger charge is -2.35. The van der Waals surface area contributed by atoms with Crippen LogP contribution in [0.1, 0.15) is 32.6 Å². The van der Waals surface area contributed by atoms with Crippen LogP contribution < -0.4 is 10.1 Å². The van der Waals surface area contributed by atoms with Crippen molar-refractivity contribution in [2.24, 2.45) is 0 Å². The van der Waals surface area contributed by atoms with E-state index in [0.717, 1.165) is 19.3 Å². The number of piperidine rings is 1. The van der Waals surface area contributed by atoms with Crippen LogP contribution in [0.25, 0.3) is 0 Å². The first-order chi connectivity index (χ1) is 11.2. The molecule has 6 heteroatoms. The van der Waals surface area contributed by atoms with Crippen molar-refractivity contribution in [3.05, 3.63) is 24.3 Å². The molecule has 1 heterocycles. The van der Waals surface area contributed by atoms with Crippen molar-refractivity contribution in [1.82, 2.24) is 4.90 Å². The molecule has 1 saturated heterocycles. The third-order valence-corrected chi connectivity index (χ3v) is 3.98. The molecule has 1 aliphatic heterocycles. The number of ether oxygens (including phenoxy) is 1. The number of hydrogen-bond donors (Lipinski definition) is 2. The highest BCUT2D eigenvalue weighted by Crippen LogP contribution is 2.24. The first-order valence-electron chi connectivity index (χ1n) is 8.12. The zero-order valence-electron chi connectivity index (χ0n) is 13.5. The lowest BCUT2D eigenvalue weighted by molar-refractivity contribution is -0.146. The topological polar surface area (TPSA) is 78.9 Å². The van der Waals surface area contributed by atoms with Crippen LogP contribution in [0.3, 0.4) is 0 Å². The van der Waals surface area contributed by atoms with E-state index in [1.165, 1.54) is 0 Å². The molecule has 0 aromatic heterocycles. The van der Waals surface area contributed by atoms with E-state index in [1.54, 1.807) is 23.1 Å². The number of amides is 2. The van der Waals surface area contributed by atoms with Gasteiger partial charge in [0.05, 0.1) is 12.3 Å². The maximum Gasteiger partial charge on any atom is 0.314 e. The Morgan fingerprint density at radius 2 is 2.13 bits per heavy atom. The molecule has 1 aliphatic rings. The van der Waals surface area contributed by atoms with Crippen molar-refractivity contribution >= 4 is 17.5 Å². The number of aliphatic hydroxyl groups excluding tert-OH is 1. The van der Waals surface area contributed by atoms with E-state index < -0.39 is 11.8 Å². The van der Waals surface area contributed by atoms with E-state index in [2.05, 4.69) is 5.32 Å². The van der Waals surface area contributed by atoms with Crippen LogP contribution in [-0.4, -0.2) is 47.6 Å². The van der Waals surface area contributed by atoms with Gasteiger partial charge in [-0.15, -0.1) is 0 Å². The Hall–Kier alpha value is -2.08. The maximum atomic E-state index is 12.4. The minimum absolute atomic E-state index is 0.0171. The second kappa shape index (κ2) is 8.53. The highest BCUT2D eigenvalue weighted by Gasteiger charge is 2.30. The summed E-state index contributed by atoms with van der Waals surface area (Å²) < 4.78 is 5.45. The molecule has 2 rings (SSSR count). The van der Waals surface area contributed by atoms with Gasteiger partial charge in [0.1, 0.15) is 5.75 Å². The summed E-state index contributed by atoms with van der Waals surface area (Å²) in [4.78, 5) is 26.3. The second-order valence-corrected chi connectivity index (χ2v) is 5.54. The third-order valence-electron chi connectivity index (χ3n) is 3.98. The number of nitrogens with one attached hydrogen (secondary N) is 1. The molecule has 6 nitrogen and oxygen atoms in total. The molecule has 2 N–H and O–H groups in total. The summed E-state index contributed by atoms with van der Waals surface area (Å²) in [5.41, 5.74) is 0.489. The predicted molar refractivity (Wildman–Crippen MR) is 87.3 cm³/mol. The zero-order chi connectivity index (χ0) is 16.7. The average molecular weight is 320 g/mol. The van der Waals surface area contributed by atoms with Crippen LogP contribution in [0.15, 0.2) is 24.3 Å². The van der Waals surface area contributed by atoms with Crippen molar-refractivity contribution in [3.63, 3.8) is 0 Å². The number of carbonyl (C=O) groups is 2. The number of carbonyl (C=O) groups excluding carboxylic acids is 2. The van der Waals surface area contributed by atoms with E-state index in [0.29, 0.717) is 31.0 Å². The van der Waals surface area contributed by atoms with E-state index in [-0.39, 0.29) is 12.6 Å². The molecule has 0 saturated carbocycles. The molecule has 0 spiro atoms. The summed E-state index contributed by atoms with van der Waals surface area (Å²) in [5.74, 6) is -0.668. The van der Waals surface area contributed by atoms with Crippen LogP contribution in [0, 0.1) is 0 Å². The number of para-hydroxylation sites is 2. The number of nitrogens with zero attached hydrogens (tertiary/aromatic N) is 1. The smallest absolute Gasteiger partial charge is 0.314 e. The minimum atomic E-state index is -0.665. The van der Waals surface area contributed by atoms with Crippen molar-refractivity contribution in [1.29, 1.82) is 0 Å². The molecular formula is C17H24N2O4. The van der Waals surface area contributed by atoms with Crippen molar-refractivity contribution in [3.8, 4) is 5.75 Å². The van der Waals surface area contributed by atoms with E-state index in [4.69, 9.17) is 9.84 Å². The highest BCUT2D eigenvalue weighted by molar-refractivity contribution is 6.39. The quantitative estimate of drug-likeness (QED) is 0.811. The molecule has 1 fully saturated rings. The average Bonchev–Trinajstić information content (AvgIpc) is 2.57. The summed E-state index contributed by atoms with van der Waals surface area (Å²) in [6.07, 6.45) is 3.24. The Kier molecular flexibility index (Phi) is 6.40. The highest BCUT2D eigenvalue weighted by atomic mass is 16.5. The van der Waals surface area contributed by atoms with Crippen molar-refractivity contribution in [2.45, 2.75) is 38.6 Å². The maximum absolute atomic E-state index is 12.4. The number of hydrogen-bond acceptors (Lipinski definition) is 4. The summed E-state index contributed by atoms with van der Waals surface area (Å²) in [6.45, 7) is 2.91. The first kappa shape index (κ1) is 17.3. The van der Waals surface area contributed by atoms with Crippen LogP contribution in [0.5, 0.6) is 5.75 Å². The van der Waals surface area contributed by atoms with Gasteiger partial charge in [-0.25, -0.2) is 0 Å². The van der Waals surface area contributed by atoms with E-state index in [1.807, 2.05) is 13.0 Å². The lowest BCUT2D eigenvalue weighted by atomic mass is 9.99. The fourth-order valence-corrected chi connectivity index (χ4v) is 2.87. The molecule has 23 heavy (non-hydrogen) atoms. The molecule has 1 unspecified atom stereocenters. The minimum Gasteiger partial charge on any atom is -0.492 e. The van der Waals surface area contributed by atoms with Gasteiger partial charge in [0.15, 0.2) is 0 Å². The van der Waals surface area contributed by atoms with E-state index in [9.17, 15) is 9.59 Å². The molecule has 0 aliphatic carbocycles. The van der Waals surface area contributed by atoms with Gasteiger partial charge in [-0.3, -0.25) is 9.59 Å². The van der Waals surface area contributed by atoms with Gasteiger partial charge < -0.3 is 20.1 Å². The first-order valence-corrected chi connectivity index (χ1v) is 8.12. The number of anilines is 1. The SMILES string of the molecule is CCOc1ccccc1NC(=O)C(=O)N1CCCCC1CCO. The molecule has 1 aromatic carbocycles. The number of aliphatic hydroxyl groups is 1. The monoisotopic (exact) mass is 320 g/mol. The Balaban J connectivity index is 2.06. The Bertz CT molecular complexity index is 545. The normalized spacial score (nSPS) is 17.7. The van der Waals surface area contributed by atoms with Crippen molar-refractivity contribution < 1.29 is 19.4 Å². The summed E-state index contributed by atoms with van der Waals surface area (Å²) >= 11 is 0. The fraction of sp³-hybridized carbons (Fsp3) is 0.529. The third kappa shape index (κ3) is 4.45. The fourth-order valence-electron chi connectivity index (χ4n) is 2.87. The van der Waals surface area contributed by atoms with Gasteiger partial charge in [-0.1, -0.05) is 12.1 Å². The second-order valence-electron chi connectivity index (χ2n) is 5.54. The molecule has 2 amide bonds. The Morgan fingerprint density at radius 1 is 1.35 bits per heavy atom. The molecule has 0 bridgehead atoms. The van der Waals surface area contributed by atoms with Crippen LogP contribution in [0.4, 0.5) is 5.69 Å². The number of benzene rings is 1. The van der Waals surface area contributed by atoms with Gasteiger partial charge in [-0.2, -0.15) is 0 Å². The predicted octanol–water partition coefficient (Wildman–Crippen LogP) is 1.79. The van der Waals surface area contributed by atoms with Crippen molar-refractivity contribution in [2.75, 3.05) is 25.1 Å². The van der Waals surface area contributed by atoms with Crippen LogP contribution in [0.2, 0.25) is 0 Å². The van der Waals surface area contributed by atoms with Gasteiger partial charge in [-0.05, 0) is 44.7 Å². The van der Waals surface area contributed by atoms with Gasteiger partial charge in [0.25, 0.3) is 0 Å². The number of rotatable bonds is 5. The molecule has 1 aromatic rings. The molecule has 126 valence electrons. The van der Waals surface area contributed by atoms with Gasteiger partial charge in [0.2, 0.25) is 0 Å². The summed E-state index contributed by atoms with van der Waals surface area (Å²) in [7, 11) is 0. The standard InChI is InChI=1S/C17H24N2O4/c1-2-23-15-9-4-3-8-14(15)18-16(21)17(22)19-11-6-5-7-13(19)10-12-20/h3-4,8-9,13,20H,2,5-7,10-12H2,1H3,(H,18,21). The largest absolute Gasteiger partial charge is 0.492 e. The Labute approximate surface area is 136 Å². The van der Waals surface area contributed by atoms with E-state index >= 15 is 0 Å². The summed E-state index contributed by atoms with van der Waals surface area (Å²) in [5, 5.41) is 11.8. The Morgan fingerprint density at radius 3 is 2.87 bits per heavy atom. The molecular weight excluding hydrogens is 296 g/mol. The molecule has 1 atom stereocenters. The molecule has 0 radical (unpaired) electrons. The van der Waals surface area contributed by atoms with Crippen LogP contribution in [-0.2, 0) is 9.59 Å². The van der Waals surface area contributed by atoms with Gasteiger partial charge in [0, 0.05) is 19.2 Å².